The number of carbonyl (C=O) groups excluding carboxylic acids is 4. The summed E-state index contributed by atoms with van der Waals surface area (Å²) >= 11 is 0. The third-order valence-electron chi connectivity index (χ3n) is 14.0. The number of rotatable bonds is 14. The van der Waals surface area contributed by atoms with Crippen LogP contribution in [0.4, 0.5) is 5.69 Å². The fourth-order valence-electron chi connectivity index (χ4n) is 8.70. The third-order valence-corrected chi connectivity index (χ3v) is 14.0. The number of anilines is 1. The first-order valence-corrected chi connectivity index (χ1v) is 22.0. The Bertz CT molecular complexity index is 2730. The van der Waals surface area contributed by atoms with Gasteiger partial charge in [0.15, 0.2) is 0 Å². The minimum absolute atomic E-state index is 0.168. The second-order valence-corrected chi connectivity index (χ2v) is 17.8. The summed E-state index contributed by atoms with van der Waals surface area (Å²) in [6, 6.07) is 41.8. The highest BCUT2D eigenvalue weighted by atomic mass is 16.5. The maximum Gasteiger partial charge on any atom is 0.266 e. The zero-order valence-electron chi connectivity index (χ0n) is 37.4. The molecule has 4 amide bonds. The molecule has 2 heterocycles. The highest BCUT2D eigenvalue weighted by molar-refractivity contribution is 6.34. The number of nitrogens with zero attached hydrogens (tertiary/aromatic N) is 2. The lowest BCUT2D eigenvalue weighted by Crippen LogP contribution is -2.48. The average Bonchev–Trinajstić information content (AvgIpc) is 3.72. The Hall–Kier alpha value is -6.80. The van der Waals surface area contributed by atoms with E-state index in [-0.39, 0.29) is 28.2 Å². The van der Waals surface area contributed by atoms with Crippen molar-refractivity contribution in [2.75, 3.05) is 4.90 Å². The maximum atomic E-state index is 13.8. The van der Waals surface area contributed by atoms with Crippen molar-refractivity contribution in [3.05, 3.63) is 172 Å². The van der Waals surface area contributed by atoms with E-state index in [2.05, 4.69) is 83.1 Å². The van der Waals surface area contributed by atoms with E-state index in [1.807, 2.05) is 45.0 Å². The van der Waals surface area contributed by atoms with E-state index in [0.29, 0.717) is 57.8 Å². The van der Waals surface area contributed by atoms with Crippen molar-refractivity contribution in [1.82, 2.24) is 4.90 Å². The average molecular weight is 839 g/mol. The molecule has 0 saturated carbocycles. The van der Waals surface area contributed by atoms with Crippen LogP contribution in [0.1, 0.15) is 139 Å². The number of carbonyl (C=O) groups is 4. The molecule has 0 radical (unpaired) electrons. The van der Waals surface area contributed by atoms with E-state index in [1.165, 1.54) is 15.4 Å². The lowest BCUT2D eigenvalue weighted by Gasteiger charge is -2.35. The molecule has 8 rings (SSSR count). The number of amides is 4. The largest absolute Gasteiger partial charge is 0.457 e. The second-order valence-electron chi connectivity index (χ2n) is 17.8. The van der Waals surface area contributed by atoms with Crippen LogP contribution in [-0.2, 0) is 10.8 Å². The van der Waals surface area contributed by atoms with Crippen LogP contribution < -0.4 is 14.4 Å². The minimum Gasteiger partial charge on any atom is -0.457 e. The number of hydrogen-bond donors (Lipinski definition) is 0. The van der Waals surface area contributed by atoms with Crippen LogP contribution in [0.2, 0.25) is 0 Å². The lowest BCUT2D eigenvalue weighted by atomic mass is 9.78. The summed E-state index contributed by atoms with van der Waals surface area (Å²) in [6.07, 6.45) is 3.47. The van der Waals surface area contributed by atoms with Crippen molar-refractivity contribution >= 4 is 29.3 Å². The number of imide groups is 2. The van der Waals surface area contributed by atoms with E-state index in [1.54, 1.807) is 60.7 Å². The Kier molecular flexibility index (Phi) is 11.2. The van der Waals surface area contributed by atoms with Gasteiger partial charge in [0.05, 0.1) is 27.9 Å². The number of benzene rings is 6. The Balaban J connectivity index is 0.911. The molecule has 0 saturated heterocycles. The van der Waals surface area contributed by atoms with E-state index < -0.39 is 17.4 Å². The highest BCUT2D eigenvalue weighted by Crippen LogP contribution is 2.39. The predicted octanol–water partition coefficient (Wildman–Crippen LogP) is 13.3. The fourth-order valence-corrected chi connectivity index (χ4v) is 8.70. The number of fused-ring (bicyclic) bond motifs is 2. The van der Waals surface area contributed by atoms with Gasteiger partial charge in [0.1, 0.15) is 23.0 Å². The zero-order chi connectivity index (χ0) is 44.8. The molecule has 0 aliphatic carbocycles. The van der Waals surface area contributed by atoms with Crippen molar-refractivity contribution < 1.29 is 28.7 Å². The maximum absolute atomic E-state index is 13.8. The molecule has 0 atom stereocenters. The highest BCUT2D eigenvalue weighted by Gasteiger charge is 2.45. The minimum atomic E-state index is -0.586. The molecule has 0 unspecified atom stereocenters. The predicted molar refractivity (Wildman–Crippen MR) is 248 cm³/mol. The van der Waals surface area contributed by atoms with Gasteiger partial charge >= 0.3 is 0 Å². The topological polar surface area (TPSA) is 93.2 Å². The molecule has 0 spiro atoms. The Morgan fingerprint density at radius 1 is 0.413 bits per heavy atom. The summed E-state index contributed by atoms with van der Waals surface area (Å²) in [6.45, 7) is 17.0. The van der Waals surface area contributed by atoms with Crippen LogP contribution in [0.15, 0.2) is 133 Å². The first-order chi connectivity index (χ1) is 30.1. The van der Waals surface area contributed by atoms with Gasteiger partial charge in [-0.3, -0.25) is 24.1 Å². The van der Waals surface area contributed by atoms with Crippen molar-refractivity contribution in [1.29, 1.82) is 0 Å². The molecule has 8 heteroatoms. The van der Waals surface area contributed by atoms with Gasteiger partial charge in [0, 0.05) is 11.0 Å². The van der Waals surface area contributed by atoms with E-state index in [9.17, 15) is 19.2 Å². The van der Waals surface area contributed by atoms with Crippen molar-refractivity contribution in [2.45, 2.75) is 97.4 Å². The van der Waals surface area contributed by atoms with Crippen LogP contribution in [0.25, 0.3) is 11.1 Å². The molecule has 0 fully saturated rings. The first kappa shape index (κ1) is 42.9. The quantitative estimate of drug-likeness (QED) is 0.101. The normalized spacial score (nSPS) is 14.0. The third kappa shape index (κ3) is 7.62. The zero-order valence-corrected chi connectivity index (χ0v) is 37.4. The molecule has 63 heavy (non-hydrogen) atoms. The Labute approximate surface area is 370 Å². The van der Waals surface area contributed by atoms with Crippen LogP contribution >= 0.6 is 0 Å². The van der Waals surface area contributed by atoms with Gasteiger partial charge in [-0.2, -0.15) is 0 Å². The van der Waals surface area contributed by atoms with Crippen LogP contribution in [0, 0.1) is 0 Å². The van der Waals surface area contributed by atoms with E-state index >= 15 is 0 Å². The summed E-state index contributed by atoms with van der Waals surface area (Å²) in [5.74, 6) is 1.34. The molecular weight excluding hydrogens is 785 g/mol. The van der Waals surface area contributed by atoms with Gasteiger partial charge in [0.25, 0.3) is 23.6 Å². The van der Waals surface area contributed by atoms with Gasteiger partial charge in [-0.05, 0) is 151 Å². The van der Waals surface area contributed by atoms with Gasteiger partial charge in [-0.1, -0.05) is 97.0 Å². The molecule has 6 aromatic rings. The molecular formula is C55H54N2O6. The van der Waals surface area contributed by atoms with Gasteiger partial charge in [-0.15, -0.1) is 0 Å². The van der Waals surface area contributed by atoms with Crippen molar-refractivity contribution in [2.24, 2.45) is 0 Å². The van der Waals surface area contributed by atoms with Gasteiger partial charge in [0.2, 0.25) is 0 Å². The smallest absolute Gasteiger partial charge is 0.266 e. The van der Waals surface area contributed by atoms with E-state index in [4.69, 9.17) is 9.47 Å². The summed E-state index contributed by atoms with van der Waals surface area (Å²) in [5.41, 5.74) is 5.94. The summed E-state index contributed by atoms with van der Waals surface area (Å²) < 4.78 is 12.4. The fraction of sp³-hybridized carbons (Fsp3) is 0.273. The second kappa shape index (κ2) is 16.5. The van der Waals surface area contributed by atoms with Crippen LogP contribution in [-0.4, -0.2) is 34.1 Å². The monoisotopic (exact) mass is 838 g/mol. The lowest BCUT2D eigenvalue weighted by molar-refractivity contribution is 0.0434. The summed E-state index contributed by atoms with van der Waals surface area (Å²) in [4.78, 5) is 56.8. The molecule has 8 nitrogen and oxygen atoms in total. The van der Waals surface area contributed by atoms with Crippen molar-refractivity contribution in [3.63, 3.8) is 0 Å². The van der Waals surface area contributed by atoms with Crippen LogP contribution in [0.3, 0.4) is 0 Å². The van der Waals surface area contributed by atoms with E-state index in [0.717, 1.165) is 35.5 Å². The Morgan fingerprint density at radius 2 is 0.778 bits per heavy atom. The summed E-state index contributed by atoms with van der Waals surface area (Å²) in [5, 5.41) is 0. The van der Waals surface area contributed by atoms with Crippen molar-refractivity contribution in [3.8, 4) is 34.1 Å². The molecule has 0 aromatic heterocycles. The summed E-state index contributed by atoms with van der Waals surface area (Å²) in [7, 11) is 0. The molecule has 2 aliphatic rings. The molecule has 2 aliphatic heterocycles. The molecule has 0 bridgehead atoms. The van der Waals surface area contributed by atoms with Gasteiger partial charge < -0.3 is 9.47 Å². The number of hydrogen-bond acceptors (Lipinski definition) is 6. The SMILES string of the molecule is CCC(C)(CC)c1ccc(Oc2ccc(C(C)(C)c3ccc(Oc4ccc(N5C(=O)c6ccc(-c7ccc8c(c7)C(=O)N(C(C)(CC)CC)C8=O)cc6C5=O)cc4)cc3)cc2)cc1. The first-order valence-electron chi connectivity index (χ1n) is 22.0. The molecule has 320 valence electrons. The van der Waals surface area contributed by atoms with Crippen LogP contribution in [0.5, 0.6) is 23.0 Å². The molecule has 0 N–H and O–H groups in total. The van der Waals surface area contributed by atoms with Gasteiger partial charge in [-0.25, -0.2) is 4.90 Å². The molecule has 6 aromatic carbocycles. The standard InChI is InChI=1S/C55H54N2O6/c1-9-54(7,10-2)39-19-27-43(28-20-39)62-41-23-15-37(16-24-41)53(5,6)38-17-25-42(26-18-38)63-44-29-21-40(22-30-44)56-49(58)45-31-13-35(33-47(45)50(56)59)36-14-32-46-48(34-36)52(61)57(51(46)60)55(8,11-3)12-4/h13-34H,9-12H2,1-8H3. The number of ether oxygens (including phenoxy) is 2. The Morgan fingerprint density at radius 3 is 1.21 bits per heavy atom.